The summed E-state index contributed by atoms with van der Waals surface area (Å²) in [7, 11) is 0. The van der Waals surface area contributed by atoms with Gasteiger partial charge in [0.1, 0.15) is 5.69 Å². The van der Waals surface area contributed by atoms with Crippen LogP contribution in [0.2, 0.25) is 0 Å². The van der Waals surface area contributed by atoms with Gasteiger partial charge in [-0.25, -0.2) is 0 Å². The molecule has 0 N–H and O–H groups in total. The van der Waals surface area contributed by atoms with Gasteiger partial charge >= 0.3 is 0 Å². The average molecular weight is 334 g/mol. The molecule has 1 unspecified atom stereocenters. The first-order chi connectivity index (χ1) is 8.52. The second-order valence-corrected chi connectivity index (χ2v) is 5.34. The average Bonchev–Trinajstić information content (AvgIpc) is 2.70. The molecule has 1 amide bonds. The zero-order valence-electron chi connectivity index (χ0n) is 9.31. The molecule has 1 fully saturated rings. The smallest absolute Gasteiger partial charge is 0.294 e. The van der Waals surface area contributed by atoms with Crippen molar-refractivity contribution >= 4 is 44.8 Å². The van der Waals surface area contributed by atoms with Crippen molar-refractivity contribution in [1.82, 2.24) is 0 Å². The zero-order valence-corrected chi connectivity index (χ0v) is 11.6. The highest BCUT2D eigenvalue weighted by Crippen LogP contribution is 2.35. The molecule has 1 atom stereocenters. The van der Waals surface area contributed by atoms with Crippen LogP contribution >= 0.6 is 27.5 Å². The van der Waals surface area contributed by atoms with Crippen LogP contribution in [0.1, 0.15) is 6.42 Å². The third kappa shape index (κ3) is 2.49. The van der Waals surface area contributed by atoms with Crippen LogP contribution < -0.4 is 4.90 Å². The number of alkyl halides is 1. The van der Waals surface area contributed by atoms with E-state index in [1.807, 2.05) is 0 Å². The molecular formula is C11H10BrClN2O3. The molecule has 1 aromatic carbocycles. The lowest BCUT2D eigenvalue weighted by Gasteiger charge is -2.16. The van der Waals surface area contributed by atoms with Crippen molar-refractivity contribution in [2.45, 2.75) is 6.42 Å². The lowest BCUT2D eigenvalue weighted by Crippen LogP contribution is -2.25. The molecule has 1 aliphatic heterocycles. The summed E-state index contributed by atoms with van der Waals surface area (Å²) in [4.78, 5) is 23.8. The number of anilines is 1. The monoisotopic (exact) mass is 332 g/mol. The van der Waals surface area contributed by atoms with Crippen LogP contribution in [0.25, 0.3) is 0 Å². The van der Waals surface area contributed by atoms with E-state index in [-0.39, 0.29) is 17.5 Å². The summed E-state index contributed by atoms with van der Waals surface area (Å²) in [5.74, 6) is 0.320. The van der Waals surface area contributed by atoms with E-state index in [1.165, 1.54) is 11.0 Å². The number of halogens is 2. The number of amides is 1. The number of carbonyl (C=O) groups is 1. The second-order valence-electron chi connectivity index (χ2n) is 4.12. The Labute approximate surface area is 117 Å². The molecule has 0 saturated carbocycles. The summed E-state index contributed by atoms with van der Waals surface area (Å²) in [5, 5.41) is 11.0. The Balaban J connectivity index is 2.39. The van der Waals surface area contributed by atoms with Gasteiger partial charge in [-0.2, -0.15) is 0 Å². The van der Waals surface area contributed by atoms with Gasteiger partial charge in [-0.05, 0) is 18.1 Å². The fourth-order valence-electron chi connectivity index (χ4n) is 1.99. The number of nitro benzene ring substituents is 1. The number of carbonyl (C=O) groups excluding carboxylic acids is 1. The minimum absolute atomic E-state index is 0.0578. The molecule has 0 radical (unpaired) electrons. The Bertz CT molecular complexity index is 509. The molecule has 0 aromatic heterocycles. The maximum atomic E-state index is 11.8. The van der Waals surface area contributed by atoms with Gasteiger partial charge < -0.3 is 4.90 Å². The Morgan fingerprint density at radius 3 is 2.83 bits per heavy atom. The minimum atomic E-state index is -0.485. The Kier molecular flexibility index (Phi) is 3.87. The van der Waals surface area contributed by atoms with Crippen LogP contribution in [0.3, 0.4) is 0 Å². The van der Waals surface area contributed by atoms with E-state index in [1.54, 1.807) is 12.1 Å². The first-order valence-electron chi connectivity index (χ1n) is 5.33. The molecule has 0 bridgehead atoms. The second kappa shape index (κ2) is 5.24. The van der Waals surface area contributed by atoms with Gasteiger partial charge in [-0.1, -0.05) is 15.9 Å². The van der Waals surface area contributed by atoms with E-state index in [4.69, 9.17) is 11.6 Å². The fraction of sp³-hybridized carbons (Fsp3) is 0.364. The maximum Gasteiger partial charge on any atom is 0.294 e. The molecular weight excluding hydrogens is 323 g/mol. The lowest BCUT2D eigenvalue weighted by atomic mass is 10.1. The summed E-state index contributed by atoms with van der Waals surface area (Å²) in [6.45, 7) is 0.435. The van der Waals surface area contributed by atoms with Crippen LogP contribution in [-0.2, 0) is 4.79 Å². The van der Waals surface area contributed by atoms with Gasteiger partial charge in [0.15, 0.2) is 0 Å². The first-order valence-corrected chi connectivity index (χ1v) is 6.66. The molecule has 96 valence electrons. The quantitative estimate of drug-likeness (QED) is 0.485. The van der Waals surface area contributed by atoms with Gasteiger partial charge in [0.25, 0.3) is 5.69 Å². The predicted molar refractivity (Wildman–Crippen MR) is 72.0 cm³/mol. The summed E-state index contributed by atoms with van der Waals surface area (Å²) in [6.07, 6.45) is 0.344. The molecule has 1 heterocycles. The van der Waals surface area contributed by atoms with Crippen molar-refractivity contribution in [3.8, 4) is 0 Å². The molecule has 0 aliphatic carbocycles. The van der Waals surface area contributed by atoms with Gasteiger partial charge in [-0.15, -0.1) is 11.6 Å². The molecule has 5 nitrogen and oxygen atoms in total. The summed E-state index contributed by atoms with van der Waals surface area (Å²) < 4.78 is 0.610. The number of hydrogen-bond acceptors (Lipinski definition) is 3. The fourth-order valence-corrected chi connectivity index (χ4v) is 2.54. The van der Waals surface area contributed by atoms with Gasteiger partial charge in [0.05, 0.1) is 4.92 Å². The lowest BCUT2D eigenvalue weighted by molar-refractivity contribution is -0.384. The van der Waals surface area contributed by atoms with E-state index < -0.39 is 4.92 Å². The van der Waals surface area contributed by atoms with Crippen molar-refractivity contribution in [1.29, 1.82) is 0 Å². The molecule has 18 heavy (non-hydrogen) atoms. The summed E-state index contributed by atoms with van der Waals surface area (Å²) in [5.41, 5.74) is 0.258. The van der Waals surface area contributed by atoms with E-state index in [2.05, 4.69) is 15.9 Å². The SMILES string of the molecule is O=C1CC(CCl)CN1c1ccc(Br)cc1[N+](=O)[O-]. The van der Waals surface area contributed by atoms with Crippen LogP contribution in [0.4, 0.5) is 11.4 Å². The summed E-state index contributed by atoms with van der Waals surface area (Å²) in [6, 6.07) is 4.66. The van der Waals surface area contributed by atoms with Crippen molar-refractivity contribution < 1.29 is 9.72 Å². The van der Waals surface area contributed by atoms with Crippen molar-refractivity contribution in [3.63, 3.8) is 0 Å². The number of hydrogen-bond donors (Lipinski definition) is 0. The van der Waals surface area contributed by atoms with E-state index >= 15 is 0 Å². The normalized spacial score (nSPS) is 19.3. The number of rotatable bonds is 3. The predicted octanol–water partition coefficient (Wildman–Crippen LogP) is 2.95. The highest BCUT2D eigenvalue weighted by molar-refractivity contribution is 9.10. The summed E-state index contributed by atoms with van der Waals surface area (Å²) >= 11 is 8.92. The van der Waals surface area contributed by atoms with Gasteiger partial charge in [0.2, 0.25) is 5.91 Å². The largest absolute Gasteiger partial charge is 0.306 e. The molecule has 1 aromatic rings. The number of nitrogens with zero attached hydrogens (tertiary/aromatic N) is 2. The topological polar surface area (TPSA) is 63.5 Å². The number of nitro groups is 1. The minimum Gasteiger partial charge on any atom is -0.306 e. The van der Waals surface area contributed by atoms with Crippen LogP contribution in [0.15, 0.2) is 22.7 Å². The maximum absolute atomic E-state index is 11.8. The van der Waals surface area contributed by atoms with E-state index in [0.717, 1.165) is 0 Å². The Morgan fingerprint density at radius 2 is 2.28 bits per heavy atom. The molecule has 0 spiro atoms. The van der Waals surface area contributed by atoms with Gasteiger partial charge in [-0.3, -0.25) is 14.9 Å². The molecule has 2 rings (SSSR count). The third-order valence-electron chi connectivity index (χ3n) is 2.85. The van der Waals surface area contributed by atoms with Crippen LogP contribution in [0, 0.1) is 16.0 Å². The highest BCUT2D eigenvalue weighted by Gasteiger charge is 2.33. The molecule has 1 saturated heterocycles. The van der Waals surface area contributed by atoms with Crippen molar-refractivity contribution in [2.75, 3.05) is 17.3 Å². The van der Waals surface area contributed by atoms with Gasteiger partial charge in [0, 0.05) is 29.4 Å². The molecule has 7 heteroatoms. The van der Waals surface area contributed by atoms with E-state index in [9.17, 15) is 14.9 Å². The third-order valence-corrected chi connectivity index (χ3v) is 3.78. The van der Waals surface area contributed by atoms with Crippen molar-refractivity contribution in [3.05, 3.63) is 32.8 Å². The number of benzene rings is 1. The first kappa shape index (κ1) is 13.3. The van der Waals surface area contributed by atoms with E-state index in [0.29, 0.717) is 29.0 Å². The van der Waals surface area contributed by atoms with Crippen LogP contribution in [0.5, 0.6) is 0 Å². The Hall–Kier alpha value is -1.14. The zero-order chi connectivity index (χ0) is 13.3. The van der Waals surface area contributed by atoms with Crippen LogP contribution in [-0.4, -0.2) is 23.3 Å². The highest BCUT2D eigenvalue weighted by atomic mass is 79.9. The van der Waals surface area contributed by atoms with Crippen molar-refractivity contribution in [2.24, 2.45) is 5.92 Å². The molecule has 1 aliphatic rings. The Morgan fingerprint density at radius 1 is 1.56 bits per heavy atom. The standard InChI is InChI=1S/C11H10BrClN2O3/c12-8-1-2-9(10(4-8)15(17)18)14-6-7(5-13)3-11(14)16/h1-2,4,7H,3,5-6H2.